The number of rotatable bonds is 3. The molecule has 0 aromatic heterocycles. The number of alkyl carbamates (subject to hydrolysis) is 1. The minimum Gasteiger partial charge on any atom is -0.449 e. The molecule has 1 saturated carbocycles. The zero-order valence-electron chi connectivity index (χ0n) is 10.5. The van der Waals surface area contributed by atoms with Crippen LogP contribution < -0.4 is 5.32 Å². The lowest BCUT2D eigenvalue weighted by Gasteiger charge is -2.33. The van der Waals surface area contributed by atoms with E-state index in [0.29, 0.717) is 12.5 Å². The summed E-state index contributed by atoms with van der Waals surface area (Å²) in [7, 11) is 0. The molecule has 0 aromatic carbocycles. The summed E-state index contributed by atoms with van der Waals surface area (Å²) in [5.74, 6) is 0.800. The highest BCUT2D eigenvalue weighted by molar-refractivity contribution is 5.79. The number of carbonyl (C=O) groups excluding carboxylic acids is 2. The highest BCUT2D eigenvalue weighted by Gasteiger charge is 2.33. The normalized spacial score (nSPS) is 24.5. The third-order valence-corrected chi connectivity index (χ3v) is 2.74. The molecule has 0 spiro atoms. The molecule has 1 fully saturated rings. The SMILES string of the molecule is CC(=O)C1CC(COC(=O)NC(C)(C)C)C1. The lowest BCUT2D eigenvalue weighted by molar-refractivity contribution is -0.125. The van der Waals surface area contributed by atoms with Gasteiger partial charge in [-0.15, -0.1) is 0 Å². The lowest BCUT2D eigenvalue weighted by atomic mass is 9.73. The monoisotopic (exact) mass is 227 g/mol. The van der Waals surface area contributed by atoms with Gasteiger partial charge in [-0.3, -0.25) is 4.79 Å². The molecule has 1 amide bonds. The van der Waals surface area contributed by atoms with Gasteiger partial charge in [0, 0.05) is 11.5 Å². The summed E-state index contributed by atoms with van der Waals surface area (Å²) in [6.45, 7) is 7.76. The molecule has 92 valence electrons. The summed E-state index contributed by atoms with van der Waals surface area (Å²) < 4.78 is 5.09. The van der Waals surface area contributed by atoms with Crippen LogP contribution in [0.3, 0.4) is 0 Å². The van der Waals surface area contributed by atoms with Crippen molar-refractivity contribution in [3.8, 4) is 0 Å². The van der Waals surface area contributed by atoms with Gasteiger partial charge in [0.1, 0.15) is 5.78 Å². The second kappa shape index (κ2) is 4.85. The molecule has 4 nitrogen and oxygen atoms in total. The van der Waals surface area contributed by atoms with E-state index in [2.05, 4.69) is 5.32 Å². The van der Waals surface area contributed by atoms with E-state index in [-0.39, 0.29) is 23.3 Å². The minimum atomic E-state index is -0.376. The molecule has 0 radical (unpaired) electrons. The van der Waals surface area contributed by atoms with Crippen LogP contribution in [0.25, 0.3) is 0 Å². The van der Waals surface area contributed by atoms with E-state index in [1.807, 2.05) is 20.8 Å². The predicted octanol–water partition coefficient (Wildman–Crippen LogP) is 2.13. The van der Waals surface area contributed by atoms with Crippen molar-refractivity contribution in [2.75, 3.05) is 6.61 Å². The zero-order valence-corrected chi connectivity index (χ0v) is 10.5. The van der Waals surface area contributed by atoms with Crippen LogP contribution in [0.2, 0.25) is 0 Å². The first-order chi connectivity index (χ1) is 7.28. The summed E-state index contributed by atoms with van der Waals surface area (Å²) >= 11 is 0. The summed E-state index contributed by atoms with van der Waals surface area (Å²) in [6.07, 6.45) is 1.34. The van der Waals surface area contributed by atoms with Crippen molar-refractivity contribution in [1.82, 2.24) is 5.32 Å². The van der Waals surface area contributed by atoms with E-state index in [4.69, 9.17) is 4.74 Å². The average Bonchev–Trinajstić information content (AvgIpc) is 1.96. The molecule has 0 heterocycles. The van der Waals surface area contributed by atoms with E-state index in [1.165, 1.54) is 0 Å². The second-order valence-corrected chi connectivity index (χ2v) is 5.62. The van der Waals surface area contributed by atoms with Gasteiger partial charge in [-0.1, -0.05) is 0 Å². The topological polar surface area (TPSA) is 55.4 Å². The molecule has 1 aliphatic carbocycles. The Hall–Kier alpha value is -1.06. The Morgan fingerprint density at radius 2 is 1.88 bits per heavy atom. The van der Waals surface area contributed by atoms with Gasteiger partial charge in [0.05, 0.1) is 6.61 Å². The van der Waals surface area contributed by atoms with Gasteiger partial charge in [0.25, 0.3) is 0 Å². The van der Waals surface area contributed by atoms with Gasteiger partial charge >= 0.3 is 6.09 Å². The number of amides is 1. The molecule has 16 heavy (non-hydrogen) atoms. The molecule has 4 heteroatoms. The van der Waals surface area contributed by atoms with Crippen molar-refractivity contribution >= 4 is 11.9 Å². The number of ether oxygens (including phenoxy) is 1. The van der Waals surface area contributed by atoms with Crippen LogP contribution in [0.15, 0.2) is 0 Å². The largest absolute Gasteiger partial charge is 0.449 e. The van der Waals surface area contributed by atoms with Crippen molar-refractivity contribution in [3.63, 3.8) is 0 Å². The van der Waals surface area contributed by atoms with Crippen molar-refractivity contribution < 1.29 is 14.3 Å². The molecule has 1 aliphatic rings. The third kappa shape index (κ3) is 4.21. The van der Waals surface area contributed by atoms with Crippen molar-refractivity contribution in [1.29, 1.82) is 0 Å². The highest BCUT2D eigenvalue weighted by atomic mass is 16.5. The van der Waals surface area contributed by atoms with Crippen molar-refractivity contribution in [3.05, 3.63) is 0 Å². The summed E-state index contributed by atoms with van der Waals surface area (Å²) in [6, 6.07) is 0. The standard InChI is InChI=1S/C12H21NO3/c1-8(14)10-5-9(6-10)7-16-11(15)13-12(2,3)4/h9-10H,5-7H2,1-4H3,(H,13,15). The molecular formula is C12H21NO3. The molecule has 0 bridgehead atoms. The molecule has 0 aliphatic heterocycles. The summed E-state index contributed by atoms with van der Waals surface area (Å²) in [5.41, 5.74) is -0.265. The van der Waals surface area contributed by atoms with E-state index in [1.54, 1.807) is 6.92 Å². The zero-order chi connectivity index (χ0) is 12.3. The Morgan fingerprint density at radius 3 is 2.31 bits per heavy atom. The Kier molecular flexibility index (Phi) is 3.94. The van der Waals surface area contributed by atoms with Crippen LogP contribution in [0.1, 0.15) is 40.5 Å². The van der Waals surface area contributed by atoms with Gasteiger partial charge < -0.3 is 10.1 Å². The van der Waals surface area contributed by atoms with Gasteiger partial charge in [-0.05, 0) is 46.5 Å². The fraction of sp³-hybridized carbons (Fsp3) is 0.833. The molecule has 0 unspecified atom stereocenters. The Morgan fingerprint density at radius 1 is 1.31 bits per heavy atom. The first kappa shape index (κ1) is 13.0. The molecule has 1 N–H and O–H groups in total. The Labute approximate surface area is 96.7 Å². The Bertz CT molecular complexity index is 274. The number of carbonyl (C=O) groups is 2. The maximum Gasteiger partial charge on any atom is 0.407 e. The molecule has 0 saturated heterocycles. The lowest BCUT2D eigenvalue weighted by Crippen LogP contribution is -2.42. The number of hydrogen-bond donors (Lipinski definition) is 1. The minimum absolute atomic E-state index is 0.194. The van der Waals surface area contributed by atoms with Gasteiger partial charge in [0.2, 0.25) is 0 Å². The van der Waals surface area contributed by atoms with Crippen LogP contribution in [-0.2, 0) is 9.53 Å². The molecule has 0 aromatic rings. The van der Waals surface area contributed by atoms with E-state index in [9.17, 15) is 9.59 Å². The second-order valence-electron chi connectivity index (χ2n) is 5.62. The molecular weight excluding hydrogens is 206 g/mol. The maximum absolute atomic E-state index is 11.3. The fourth-order valence-electron chi connectivity index (χ4n) is 1.74. The van der Waals surface area contributed by atoms with Gasteiger partial charge in [-0.25, -0.2) is 4.79 Å². The number of ketones is 1. The quantitative estimate of drug-likeness (QED) is 0.803. The van der Waals surface area contributed by atoms with Crippen LogP contribution in [0.4, 0.5) is 4.79 Å². The van der Waals surface area contributed by atoms with Crippen LogP contribution >= 0.6 is 0 Å². The number of Topliss-reactive ketones (excluding diaryl/α,β-unsaturated/α-hetero) is 1. The van der Waals surface area contributed by atoms with E-state index >= 15 is 0 Å². The predicted molar refractivity (Wildman–Crippen MR) is 61.1 cm³/mol. The fourth-order valence-corrected chi connectivity index (χ4v) is 1.74. The first-order valence-electron chi connectivity index (χ1n) is 5.73. The summed E-state index contributed by atoms with van der Waals surface area (Å²) in [4.78, 5) is 22.3. The molecule has 1 rings (SSSR count). The van der Waals surface area contributed by atoms with Crippen LogP contribution in [-0.4, -0.2) is 24.0 Å². The van der Waals surface area contributed by atoms with Crippen LogP contribution in [0, 0.1) is 11.8 Å². The maximum atomic E-state index is 11.3. The van der Waals surface area contributed by atoms with Crippen LogP contribution in [0.5, 0.6) is 0 Å². The Balaban J connectivity index is 2.13. The van der Waals surface area contributed by atoms with Gasteiger partial charge in [-0.2, -0.15) is 0 Å². The van der Waals surface area contributed by atoms with E-state index in [0.717, 1.165) is 12.8 Å². The van der Waals surface area contributed by atoms with E-state index < -0.39 is 0 Å². The highest BCUT2D eigenvalue weighted by Crippen LogP contribution is 2.34. The summed E-state index contributed by atoms with van der Waals surface area (Å²) in [5, 5.41) is 2.73. The van der Waals surface area contributed by atoms with Crippen molar-refractivity contribution in [2.45, 2.75) is 46.1 Å². The number of nitrogens with one attached hydrogen (secondary N) is 1. The number of hydrogen-bond acceptors (Lipinski definition) is 3. The van der Waals surface area contributed by atoms with Gasteiger partial charge in [0.15, 0.2) is 0 Å². The smallest absolute Gasteiger partial charge is 0.407 e. The third-order valence-electron chi connectivity index (χ3n) is 2.74. The first-order valence-corrected chi connectivity index (χ1v) is 5.73. The van der Waals surface area contributed by atoms with Crippen molar-refractivity contribution in [2.24, 2.45) is 11.8 Å². The molecule has 0 atom stereocenters. The average molecular weight is 227 g/mol.